The second-order valence-corrected chi connectivity index (χ2v) is 6.24. The predicted molar refractivity (Wildman–Crippen MR) is 66.5 cm³/mol. The van der Waals surface area contributed by atoms with Gasteiger partial charge in [-0.3, -0.25) is 4.79 Å². The van der Waals surface area contributed by atoms with Gasteiger partial charge in [-0.15, -0.1) is 11.8 Å². The first kappa shape index (κ1) is 12.2. The molecular formula is C12H21NO2S. The maximum atomic E-state index is 11.8. The largest absolute Gasteiger partial charge is 0.393 e. The van der Waals surface area contributed by atoms with E-state index in [4.69, 9.17) is 0 Å². The molecular weight excluding hydrogens is 222 g/mol. The molecule has 1 amide bonds. The number of aliphatic hydroxyl groups is 1. The lowest BCUT2D eigenvalue weighted by molar-refractivity contribution is -0.120. The zero-order valence-electron chi connectivity index (χ0n) is 9.65. The van der Waals surface area contributed by atoms with Crippen molar-refractivity contribution < 1.29 is 9.90 Å². The average Bonchev–Trinajstić information content (AvgIpc) is 2.73. The monoisotopic (exact) mass is 243 g/mol. The third kappa shape index (κ3) is 3.39. The fraction of sp³-hybridized carbons (Fsp3) is 0.917. The second kappa shape index (κ2) is 5.92. The van der Waals surface area contributed by atoms with E-state index in [2.05, 4.69) is 5.32 Å². The lowest BCUT2D eigenvalue weighted by Gasteiger charge is -2.21. The second-order valence-electron chi connectivity index (χ2n) is 4.93. The molecule has 2 rings (SSSR count). The molecule has 0 aromatic heterocycles. The lowest BCUT2D eigenvalue weighted by Crippen LogP contribution is -2.36. The molecule has 16 heavy (non-hydrogen) atoms. The van der Waals surface area contributed by atoms with E-state index in [0.29, 0.717) is 5.92 Å². The van der Waals surface area contributed by atoms with Crippen molar-refractivity contribution in [1.29, 1.82) is 0 Å². The fourth-order valence-corrected chi connectivity index (χ4v) is 3.76. The van der Waals surface area contributed by atoms with Crippen LogP contribution < -0.4 is 5.32 Å². The summed E-state index contributed by atoms with van der Waals surface area (Å²) in [5.74, 6) is 1.83. The molecule has 0 aromatic rings. The summed E-state index contributed by atoms with van der Waals surface area (Å²) in [6.45, 7) is 0.757. The summed E-state index contributed by atoms with van der Waals surface area (Å²) in [4.78, 5) is 11.8. The molecule has 1 saturated heterocycles. The van der Waals surface area contributed by atoms with Crippen molar-refractivity contribution in [2.75, 3.05) is 12.3 Å². The molecule has 2 aliphatic rings. The van der Waals surface area contributed by atoms with E-state index in [0.717, 1.165) is 38.0 Å². The third-order valence-electron chi connectivity index (χ3n) is 3.55. The first-order valence-electron chi connectivity index (χ1n) is 6.33. The van der Waals surface area contributed by atoms with Crippen LogP contribution in [-0.4, -0.2) is 34.7 Å². The van der Waals surface area contributed by atoms with Crippen molar-refractivity contribution in [3.63, 3.8) is 0 Å². The van der Waals surface area contributed by atoms with E-state index in [1.165, 1.54) is 12.8 Å². The van der Waals surface area contributed by atoms with E-state index < -0.39 is 0 Å². The van der Waals surface area contributed by atoms with Gasteiger partial charge in [0.05, 0.1) is 11.4 Å². The van der Waals surface area contributed by atoms with Gasteiger partial charge in [-0.2, -0.15) is 0 Å². The zero-order valence-corrected chi connectivity index (χ0v) is 10.5. The highest BCUT2D eigenvalue weighted by atomic mass is 32.2. The molecule has 2 fully saturated rings. The summed E-state index contributed by atoms with van der Waals surface area (Å²) >= 11 is 1.79. The van der Waals surface area contributed by atoms with Crippen LogP contribution in [-0.2, 0) is 4.79 Å². The molecule has 3 nitrogen and oxygen atoms in total. The summed E-state index contributed by atoms with van der Waals surface area (Å²) in [5, 5.41) is 12.6. The van der Waals surface area contributed by atoms with Crippen molar-refractivity contribution in [1.82, 2.24) is 5.32 Å². The van der Waals surface area contributed by atoms with Crippen LogP contribution in [0.25, 0.3) is 0 Å². The van der Waals surface area contributed by atoms with Gasteiger partial charge in [0.15, 0.2) is 0 Å². The Kier molecular flexibility index (Phi) is 4.53. The maximum Gasteiger partial charge on any atom is 0.233 e. The smallest absolute Gasteiger partial charge is 0.233 e. The van der Waals surface area contributed by atoms with Gasteiger partial charge in [-0.05, 0) is 43.8 Å². The minimum atomic E-state index is -0.133. The Morgan fingerprint density at radius 2 is 2.19 bits per heavy atom. The molecule has 0 bridgehead atoms. The number of amides is 1. The Bertz CT molecular complexity index is 241. The Labute approximate surface area is 101 Å². The lowest BCUT2D eigenvalue weighted by atomic mass is 10.1. The molecule has 3 atom stereocenters. The Morgan fingerprint density at radius 1 is 1.31 bits per heavy atom. The molecule has 1 saturated carbocycles. The van der Waals surface area contributed by atoms with Crippen molar-refractivity contribution in [2.24, 2.45) is 5.92 Å². The Hall–Kier alpha value is -0.220. The van der Waals surface area contributed by atoms with Crippen LogP contribution in [0.15, 0.2) is 0 Å². The molecule has 3 unspecified atom stereocenters. The molecule has 4 heteroatoms. The molecule has 1 aliphatic heterocycles. The van der Waals surface area contributed by atoms with Crippen molar-refractivity contribution >= 4 is 17.7 Å². The van der Waals surface area contributed by atoms with Crippen molar-refractivity contribution in [2.45, 2.75) is 49.9 Å². The molecule has 0 radical (unpaired) electrons. The number of thioether (sulfide) groups is 1. The SMILES string of the molecule is O=C(NCC1CCC(O)C1)C1CCCCS1. The molecule has 0 aromatic carbocycles. The van der Waals surface area contributed by atoms with Gasteiger partial charge >= 0.3 is 0 Å². The van der Waals surface area contributed by atoms with E-state index in [1.807, 2.05) is 0 Å². The fourth-order valence-electron chi connectivity index (χ4n) is 2.54. The highest BCUT2D eigenvalue weighted by molar-refractivity contribution is 8.00. The molecule has 2 N–H and O–H groups in total. The topological polar surface area (TPSA) is 49.3 Å². The van der Waals surface area contributed by atoms with Crippen LogP contribution in [0.5, 0.6) is 0 Å². The van der Waals surface area contributed by atoms with E-state index >= 15 is 0 Å². The zero-order chi connectivity index (χ0) is 11.4. The van der Waals surface area contributed by atoms with Gasteiger partial charge in [-0.25, -0.2) is 0 Å². The van der Waals surface area contributed by atoms with Gasteiger partial charge in [0, 0.05) is 6.54 Å². The average molecular weight is 243 g/mol. The summed E-state index contributed by atoms with van der Waals surface area (Å²) in [6.07, 6.45) is 6.15. The van der Waals surface area contributed by atoms with E-state index in [9.17, 15) is 9.90 Å². The summed E-state index contributed by atoms with van der Waals surface area (Å²) in [7, 11) is 0. The minimum Gasteiger partial charge on any atom is -0.393 e. The highest BCUT2D eigenvalue weighted by Gasteiger charge is 2.25. The van der Waals surface area contributed by atoms with Crippen LogP contribution in [0.3, 0.4) is 0 Å². The normalized spacial score (nSPS) is 34.9. The van der Waals surface area contributed by atoms with Gasteiger partial charge in [0.2, 0.25) is 5.91 Å². The van der Waals surface area contributed by atoms with E-state index in [1.54, 1.807) is 11.8 Å². The Morgan fingerprint density at radius 3 is 2.81 bits per heavy atom. The number of carbonyl (C=O) groups excluding carboxylic acids is 1. The van der Waals surface area contributed by atoms with Crippen LogP contribution in [0.1, 0.15) is 38.5 Å². The number of aliphatic hydroxyl groups excluding tert-OH is 1. The first-order valence-corrected chi connectivity index (χ1v) is 7.38. The van der Waals surface area contributed by atoms with Gasteiger partial charge < -0.3 is 10.4 Å². The highest BCUT2D eigenvalue weighted by Crippen LogP contribution is 2.26. The van der Waals surface area contributed by atoms with Gasteiger partial charge in [0.25, 0.3) is 0 Å². The van der Waals surface area contributed by atoms with Crippen LogP contribution in [0.2, 0.25) is 0 Å². The van der Waals surface area contributed by atoms with Gasteiger partial charge in [-0.1, -0.05) is 6.42 Å². The van der Waals surface area contributed by atoms with Crippen LogP contribution >= 0.6 is 11.8 Å². The third-order valence-corrected chi connectivity index (χ3v) is 4.93. The molecule has 1 aliphatic carbocycles. The summed E-state index contributed by atoms with van der Waals surface area (Å²) in [5.41, 5.74) is 0. The number of carbonyl (C=O) groups is 1. The molecule has 92 valence electrons. The first-order chi connectivity index (χ1) is 7.75. The molecule has 1 heterocycles. The van der Waals surface area contributed by atoms with Crippen molar-refractivity contribution in [3.05, 3.63) is 0 Å². The Balaban J connectivity index is 1.66. The summed E-state index contributed by atoms with van der Waals surface area (Å²) in [6, 6.07) is 0. The maximum absolute atomic E-state index is 11.8. The number of hydrogen-bond donors (Lipinski definition) is 2. The minimum absolute atomic E-state index is 0.133. The summed E-state index contributed by atoms with van der Waals surface area (Å²) < 4.78 is 0. The number of nitrogens with one attached hydrogen (secondary N) is 1. The predicted octanol–water partition coefficient (Wildman–Crippen LogP) is 1.55. The van der Waals surface area contributed by atoms with E-state index in [-0.39, 0.29) is 17.3 Å². The number of hydrogen-bond acceptors (Lipinski definition) is 3. The standard InChI is InChI=1S/C12H21NO2S/c14-10-5-4-9(7-10)8-13-12(15)11-3-1-2-6-16-11/h9-11,14H,1-8H2,(H,13,15). The molecule has 0 spiro atoms. The quantitative estimate of drug-likeness (QED) is 0.790. The van der Waals surface area contributed by atoms with Gasteiger partial charge in [0.1, 0.15) is 0 Å². The number of rotatable bonds is 3. The van der Waals surface area contributed by atoms with Crippen LogP contribution in [0.4, 0.5) is 0 Å². The van der Waals surface area contributed by atoms with Crippen LogP contribution in [0, 0.1) is 5.92 Å². The van der Waals surface area contributed by atoms with Crippen molar-refractivity contribution in [3.8, 4) is 0 Å².